The monoisotopic (exact) mass is 248 g/mol. The van der Waals surface area contributed by atoms with Crippen molar-refractivity contribution in [3.8, 4) is 0 Å². The minimum atomic E-state index is -4.40. The van der Waals surface area contributed by atoms with Gasteiger partial charge in [-0.3, -0.25) is 0 Å². The van der Waals surface area contributed by atoms with Crippen molar-refractivity contribution in [3.63, 3.8) is 0 Å². The molecule has 0 aromatic heterocycles. The highest BCUT2D eigenvalue weighted by molar-refractivity contribution is 5.30. The molecule has 0 spiro atoms. The van der Waals surface area contributed by atoms with Gasteiger partial charge in [0.1, 0.15) is 0 Å². The van der Waals surface area contributed by atoms with E-state index in [1.165, 1.54) is 18.2 Å². The Kier molecular flexibility index (Phi) is 4.96. The molecule has 0 bridgehead atoms. The van der Waals surface area contributed by atoms with Gasteiger partial charge in [-0.05, 0) is 19.9 Å². The quantitative estimate of drug-likeness (QED) is 0.738. The zero-order chi connectivity index (χ0) is 12.9. The fourth-order valence-corrected chi connectivity index (χ4v) is 1.49. The molecule has 96 valence electrons. The molecule has 0 aliphatic heterocycles. The number of ether oxygens (including phenoxy) is 2. The molecule has 0 aliphatic rings. The second-order valence-electron chi connectivity index (χ2n) is 3.33. The Bertz CT molecular complexity index is 344. The van der Waals surface area contributed by atoms with Gasteiger partial charge < -0.3 is 9.47 Å². The molecule has 1 rings (SSSR count). The summed E-state index contributed by atoms with van der Waals surface area (Å²) in [4.78, 5) is 0. The SMILES string of the molecule is CCOC(OCC)c1ccccc1C(F)(F)F. The Balaban J connectivity index is 3.09. The van der Waals surface area contributed by atoms with Gasteiger partial charge in [0.05, 0.1) is 5.56 Å². The highest BCUT2D eigenvalue weighted by Crippen LogP contribution is 2.35. The second kappa shape index (κ2) is 6.02. The summed E-state index contributed by atoms with van der Waals surface area (Å²) in [7, 11) is 0. The van der Waals surface area contributed by atoms with Crippen molar-refractivity contribution in [2.75, 3.05) is 13.2 Å². The van der Waals surface area contributed by atoms with Gasteiger partial charge >= 0.3 is 6.18 Å². The van der Waals surface area contributed by atoms with E-state index in [9.17, 15) is 13.2 Å². The Morgan fingerprint density at radius 2 is 1.59 bits per heavy atom. The van der Waals surface area contributed by atoms with Crippen molar-refractivity contribution in [1.82, 2.24) is 0 Å². The van der Waals surface area contributed by atoms with Crippen LogP contribution < -0.4 is 0 Å². The van der Waals surface area contributed by atoms with Crippen LogP contribution in [-0.2, 0) is 15.7 Å². The molecule has 0 atom stereocenters. The van der Waals surface area contributed by atoms with Crippen LogP contribution in [0.2, 0.25) is 0 Å². The van der Waals surface area contributed by atoms with Crippen LogP contribution in [0.25, 0.3) is 0 Å². The van der Waals surface area contributed by atoms with Gasteiger partial charge in [0.15, 0.2) is 6.29 Å². The molecule has 2 nitrogen and oxygen atoms in total. The highest BCUT2D eigenvalue weighted by Gasteiger charge is 2.35. The van der Waals surface area contributed by atoms with Crippen molar-refractivity contribution < 1.29 is 22.6 Å². The summed E-state index contributed by atoms with van der Waals surface area (Å²) in [5.41, 5.74) is -0.699. The molecular formula is C12H15F3O2. The molecule has 5 heteroatoms. The number of alkyl halides is 3. The highest BCUT2D eigenvalue weighted by atomic mass is 19.4. The van der Waals surface area contributed by atoms with Gasteiger partial charge in [-0.1, -0.05) is 18.2 Å². The lowest BCUT2D eigenvalue weighted by Gasteiger charge is -2.21. The van der Waals surface area contributed by atoms with E-state index in [1.54, 1.807) is 13.8 Å². The normalized spacial score (nSPS) is 12.1. The van der Waals surface area contributed by atoms with E-state index >= 15 is 0 Å². The number of hydrogen-bond donors (Lipinski definition) is 0. The second-order valence-corrected chi connectivity index (χ2v) is 3.33. The predicted octanol–water partition coefficient (Wildman–Crippen LogP) is 3.78. The Morgan fingerprint density at radius 1 is 1.06 bits per heavy atom. The Morgan fingerprint density at radius 3 is 2.06 bits per heavy atom. The lowest BCUT2D eigenvalue weighted by Crippen LogP contribution is -2.16. The Hall–Kier alpha value is -1.07. The molecule has 0 N–H and O–H groups in total. The largest absolute Gasteiger partial charge is 0.416 e. The maximum Gasteiger partial charge on any atom is 0.416 e. The molecular weight excluding hydrogens is 233 g/mol. The molecule has 0 amide bonds. The molecule has 0 heterocycles. The van der Waals surface area contributed by atoms with E-state index in [1.807, 2.05) is 0 Å². The van der Waals surface area contributed by atoms with Crippen LogP contribution in [0.15, 0.2) is 24.3 Å². The van der Waals surface area contributed by atoms with Crippen LogP contribution in [0, 0.1) is 0 Å². The fourth-order valence-electron chi connectivity index (χ4n) is 1.49. The number of halogens is 3. The molecule has 0 unspecified atom stereocenters. The summed E-state index contributed by atoms with van der Waals surface area (Å²) in [6.45, 7) is 4.00. The molecule has 0 radical (unpaired) electrons. The minimum Gasteiger partial charge on any atom is -0.349 e. The third-order valence-corrected chi connectivity index (χ3v) is 2.16. The average Bonchev–Trinajstić information content (AvgIpc) is 2.28. The maximum absolute atomic E-state index is 12.8. The van der Waals surface area contributed by atoms with E-state index < -0.39 is 18.0 Å². The minimum absolute atomic E-state index is 0.0173. The smallest absolute Gasteiger partial charge is 0.349 e. The summed E-state index contributed by atoms with van der Waals surface area (Å²) in [5, 5.41) is 0. The molecule has 0 saturated carbocycles. The number of rotatable bonds is 5. The van der Waals surface area contributed by atoms with Crippen molar-refractivity contribution in [2.24, 2.45) is 0 Å². The van der Waals surface area contributed by atoms with Crippen molar-refractivity contribution in [2.45, 2.75) is 26.3 Å². The van der Waals surface area contributed by atoms with Crippen molar-refractivity contribution in [3.05, 3.63) is 35.4 Å². The van der Waals surface area contributed by atoms with E-state index in [-0.39, 0.29) is 18.8 Å². The fraction of sp³-hybridized carbons (Fsp3) is 0.500. The van der Waals surface area contributed by atoms with Gasteiger partial charge in [-0.15, -0.1) is 0 Å². The van der Waals surface area contributed by atoms with E-state index in [2.05, 4.69) is 0 Å². The first-order chi connectivity index (χ1) is 8.00. The third-order valence-electron chi connectivity index (χ3n) is 2.16. The van der Waals surface area contributed by atoms with Gasteiger partial charge in [-0.25, -0.2) is 0 Å². The topological polar surface area (TPSA) is 18.5 Å². The zero-order valence-electron chi connectivity index (χ0n) is 9.75. The predicted molar refractivity (Wildman–Crippen MR) is 57.4 cm³/mol. The summed E-state index contributed by atoms with van der Waals surface area (Å²) < 4.78 is 48.7. The summed E-state index contributed by atoms with van der Waals surface area (Å²) in [6.07, 6.45) is -5.37. The van der Waals surface area contributed by atoms with Crippen LogP contribution >= 0.6 is 0 Å². The van der Waals surface area contributed by atoms with Gasteiger partial charge in [0.2, 0.25) is 0 Å². The Labute approximate surface area is 98.3 Å². The number of hydrogen-bond acceptors (Lipinski definition) is 2. The van der Waals surface area contributed by atoms with E-state index in [0.29, 0.717) is 0 Å². The first kappa shape index (κ1) is 14.0. The third kappa shape index (κ3) is 3.71. The standard InChI is InChI=1S/C12H15F3O2/c1-3-16-11(17-4-2)9-7-5-6-8-10(9)12(13,14)15/h5-8,11H,3-4H2,1-2H3. The first-order valence-corrected chi connectivity index (χ1v) is 5.40. The molecule has 1 aromatic carbocycles. The van der Waals surface area contributed by atoms with Gasteiger partial charge in [0.25, 0.3) is 0 Å². The van der Waals surface area contributed by atoms with E-state index in [0.717, 1.165) is 6.07 Å². The first-order valence-electron chi connectivity index (χ1n) is 5.40. The molecule has 0 fully saturated rings. The lowest BCUT2D eigenvalue weighted by molar-refractivity contribution is -0.158. The van der Waals surface area contributed by atoms with Gasteiger partial charge in [-0.2, -0.15) is 13.2 Å². The lowest BCUT2D eigenvalue weighted by atomic mass is 10.1. The van der Waals surface area contributed by atoms with Crippen LogP contribution in [0.1, 0.15) is 31.3 Å². The average molecular weight is 248 g/mol. The maximum atomic E-state index is 12.8. The van der Waals surface area contributed by atoms with Crippen molar-refractivity contribution in [1.29, 1.82) is 0 Å². The van der Waals surface area contributed by atoms with Crippen LogP contribution in [0.5, 0.6) is 0 Å². The summed E-state index contributed by atoms with van der Waals surface area (Å²) in [5.74, 6) is 0. The summed E-state index contributed by atoms with van der Waals surface area (Å²) in [6, 6.07) is 5.29. The summed E-state index contributed by atoms with van der Waals surface area (Å²) >= 11 is 0. The zero-order valence-corrected chi connectivity index (χ0v) is 9.75. The van der Waals surface area contributed by atoms with Crippen LogP contribution in [-0.4, -0.2) is 13.2 Å². The molecule has 0 saturated heterocycles. The van der Waals surface area contributed by atoms with Crippen molar-refractivity contribution >= 4 is 0 Å². The van der Waals surface area contributed by atoms with Gasteiger partial charge in [0, 0.05) is 18.8 Å². The number of benzene rings is 1. The molecule has 1 aromatic rings. The van der Waals surface area contributed by atoms with Crippen LogP contribution in [0.4, 0.5) is 13.2 Å². The molecule has 17 heavy (non-hydrogen) atoms. The van der Waals surface area contributed by atoms with Crippen LogP contribution in [0.3, 0.4) is 0 Å². The molecule has 0 aliphatic carbocycles. The van der Waals surface area contributed by atoms with E-state index in [4.69, 9.17) is 9.47 Å².